The van der Waals surface area contributed by atoms with Crippen LogP contribution in [0.5, 0.6) is 0 Å². The van der Waals surface area contributed by atoms with Crippen LogP contribution in [0.2, 0.25) is 0 Å². The standard InChI is InChI=1S/C10H12F9NO2/c11-6(12,3-5-22-7(21)2-1-4-20-7)8(13,14)9(15,16)10(17,18)19/h20-21H,1-5H2/t7-/m1/s1. The van der Waals surface area contributed by atoms with Crippen molar-refractivity contribution >= 4 is 0 Å². The van der Waals surface area contributed by atoms with Gasteiger partial charge in [-0.25, -0.2) is 0 Å². The SMILES string of the molecule is O[C@@]1(OCCC(F)(F)C(F)(F)C(F)(F)C(F)(F)F)CCCN1. The van der Waals surface area contributed by atoms with Crippen LogP contribution in [0.1, 0.15) is 19.3 Å². The Kier molecular flexibility index (Phi) is 5.01. The Labute approximate surface area is 118 Å². The maximum absolute atomic E-state index is 13.1. The van der Waals surface area contributed by atoms with E-state index in [0.717, 1.165) is 0 Å². The van der Waals surface area contributed by atoms with Crippen LogP contribution in [-0.2, 0) is 4.74 Å². The van der Waals surface area contributed by atoms with Gasteiger partial charge in [0.15, 0.2) is 0 Å². The first-order chi connectivity index (χ1) is 9.66. The minimum absolute atomic E-state index is 0.0757. The average Bonchev–Trinajstić information content (AvgIpc) is 2.74. The first kappa shape index (κ1) is 19.3. The van der Waals surface area contributed by atoms with E-state index in [4.69, 9.17) is 0 Å². The molecule has 0 amide bonds. The smallest absolute Gasteiger partial charge is 0.353 e. The number of halogens is 9. The monoisotopic (exact) mass is 349 g/mol. The maximum Gasteiger partial charge on any atom is 0.460 e. The van der Waals surface area contributed by atoms with Gasteiger partial charge in [0.1, 0.15) is 0 Å². The summed E-state index contributed by atoms with van der Waals surface area (Å²) in [4.78, 5) is 0. The van der Waals surface area contributed by atoms with Crippen molar-refractivity contribution in [1.82, 2.24) is 5.32 Å². The summed E-state index contributed by atoms with van der Waals surface area (Å²) in [6.45, 7) is -1.12. The van der Waals surface area contributed by atoms with Crippen molar-refractivity contribution in [1.29, 1.82) is 0 Å². The number of alkyl halides is 9. The third-order valence-corrected chi connectivity index (χ3v) is 3.06. The second-order valence-electron chi connectivity index (χ2n) is 4.76. The molecule has 1 fully saturated rings. The summed E-state index contributed by atoms with van der Waals surface area (Å²) >= 11 is 0. The zero-order chi connectivity index (χ0) is 17.4. The molecular weight excluding hydrogens is 337 g/mol. The number of hydrogen-bond acceptors (Lipinski definition) is 3. The van der Waals surface area contributed by atoms with Crippen molar-refractivity contribution in [2.75, 3.05) is 13.2 Å². The van der Waals surface area contributed by atoms with E-state index in [1.807, 2.05) is 0 Å². The minimum atomic E-state index is -6.91. The van der Waals surface area contributed by atoms with Crippen molar-refractivity contribution in [2.24, 2.45) is 0 Å². The molecule has 0 saturated carbocycles. The molecule has 0 unspecified atom stereocenters. The Hall–Kier alpha value is -0.750. The van der Waals surface area contributed by atoms with Crippen LogP contribution >= 0.6 is 0 Å². The molecule has 0 aromatic carbocycles. The van der Waals surface area contributed by atoms with E-state index in [9.17, 15) is 44.6 Å². The van der Waals surface area contributed by atoms with Gasteiger partial charge in [-0.2, -0.15) is 39.5 Å². The summed E-state index contributed by atoms with van der Waals surface area (Å²) in [5.41, 5.74) is 0. The lowest BCUT2D eigenvalue weighted by Gasteiger charge is -2.34. The van der Waals surface area contributed by atoms with Crippen LogP contribution in [0, 0.1) is 0 Å². The Morgan fingerprint density at radius 2 is 1.50 bits per heavy atom. The van der Waals surface area contributed by atoms with E-state index in [-0.39, 0.29) is 13.0 Å². The summed E-state index contributed by atoms with van der Waals surface area (Å²) < 4.78 is 117. The minimum Gasteiger partial charge on any atom is -0.353 e. The van der Waals surface area contributed by atoms with Crippen LogP contribution in [0.3, 0.4) is 0 Å². The highest BCUT2D eigenvalue weighted by Crippen LogP contribution is 2.54. The van der Waals surface area contributed by atoms with Crippen molar-refractivity contribution in [3.8, 4) is 0 Å². The van der Waals surface area contributed by atoms with Gasteiger partial charge in [-0.3, -0.25) is 5.32 Å². The molecule has 1 saturated heterocycles. The number of rotatable bonds is 6. The molecule has 0 radical (unpaired) electrons. The van der Waals surface area contributed by atoms with Crippen molar-refractivity contribution in [3.05, 3.63) is 0 Å². The van der Waals surface area contributed by atoms with Gasteiger partial charge in [-0.1, -0.05) is 0 Å². The quantitative estimate of drug-likeness (QED) is 0.572. The molecule has 12 heteroatoms. The number of aliphatic hydroxyl groups is 1. The molecular formula is C10H12F9NO2. The van der Waals surface area contributed by atoms with Crippen LogP contribution in [0.25, 0.3) is 0 Å². The maximum atomic E-state index is 13.1. The summed E-state index contributed by atoms with van der Waals surface area (Å²) in [5, 5.41) is 11.8. The van der Waals surface area contributed by atoms with Gasteiger partial charge in [0.25, 0.3) is 0 Å². The highest BCUT2D eigenvalue weighted by Gasteiger charge is 2.81. The fraction of sp³-hybridized carbons (Fsp3) is 1.00. The molecule has 1 aliphatic heterocycles. The largest absolute Gasteiger partial charge is 0.460 e. The highest BCUT2D eigenvalue weighted by atomic mass is 19.4. The molecule has 0 aromatic heterocycles. The van der Waals surface area contributed by atoms with E-state index in [1.54, 1.807) is 0 Å². The van der Waals surface area contributed by atoms with Crippen LogP contribution in [-0.4, -0.2) is 48.1 Å². The zero-order valence-electron chi connectivity index (χ0n) is 10.8. The van der Waals surface area contributed by atoms with Gasteiger partial charge >= 0.3 is 23.9 Å². The highest BCUT2D eigenvalue weighted by molar-refractivity contribution is 5.00. The van der Waals surface area contributed by atoms with Gasteiger partial charge in [-0.15, -0.1) is 0 Å². The Morgan fingerprint density at radius 3 is 1.91 bits per heavy atom. The van der Waals surface area contributed by atoms with Crippen molar-refractivity contribution in [3.63, 3.8) is 0 Å². The molecule has 0 aliphatic carbocycles. The zero-order valence-corrected chi connectivity index (χ0v) is 10.8. The lowest BCUT2D eigenvalue weighted by molar-refractivity contribution is -0.398. The number of nitrogens with one attached hydrogen (secondary N) is 1. The topological polar surface area (TPSA) is 41.5 Å². The van der Waals surface area contributed by atoms with Gasteiger partial charge in [-0.05, 0) is 6.42 Å². The molecule has 0 spiro atoms. The average molecular weight is 349 g/mol. The Balaban J connectivity index is 2.75. The molecule has 1 atom stereocenters. The van der Waals surface area contributed by atoms with E-state index in [0.29, 0.717) is 6.42 Å². The molecule has 1 rings (SSSR count). The second kappa shape index (κ2) is 5.71. The summed E-state index contributed by atoms with van der Waals surface area (Å²) in [5.74, 6) is -21.3. The summed E-state index contributed by atoms with van der Waals surface area (Å²) in [7, 11) is 0. The van der Waals surface area contributed by atoms with E-state index in [1.165, 1.54) is 0 Å². The molecule has 3 nitrogen and oxygen atoms in total. The Bertz CT molecular complexity index is 390. The summed E-state index contributed by atoms with van der Waals surface area (Å²) in [6, 6.07) is 0. The molecule has 1 heterocycles. The lowest BCUT2D eigenvalue weighted by atomic mass is 10.0. The predicted octanol–water partition coefficient (Wildman–Crippen LogP) is 2.89. The first-order valence-electron chi connectivity index (χ1n) is 5.98. The fourth-order valence-corrected chi connectivity index (χ4v) is 1.74. The van der Waals surface area contributed by atoms with Crippen LogP contribution in [0.15, 0.2) is 0 Å². The molecule has 22 heavy (non-hydrogen) atoms. The molecule has 1 aliphatic rings. The molecule has 0 bridgehead atoms. The number of hydrogen-bond donors (Lipinski definition) is 2. The Morgan fingerprint density at radius 1 is 0.955 bits per heavy atom. The third kappa shape index (κ3) is 3.43. The lowest BCUT2D eigenvalue weighted by Crippen LogP contribution is -2.61. The molecule has 132 valence electrons. The predicted molar refractivity (Wildman–Crippen MR) is 53.7 cm³/mol. The van der Waals surface area contributed by atoms with Crippen molar-refractivity contribution in [2.45, 2.75) is 49.1 Å². The normalized spacial score (nSPS) is 24.8. The second-order valence-corrected chi connectivity index (χ2v) is 4.76. The summed E-state index contributed by atoms with van der Waals surface area (Å²) in [6.07, 6.45) is -8.68. The third-order valence-electron chi connectivity index (χ3n) is 3.06. The number of ether oxygens (including phenoxy) is 1. The van der Waals surface area contributed by atoms with Gasteiger partial charge < -0.3 is 9.84 Å². The van der Waals surface area contributed by atoms with E-state index < -0.39 is 42.9 Å². The molecule has 2 N–H and O–H groups in total. The van der Waals surface area contributed by atoms with Gasteiger partial charge in [0.05, 0.1) is 6.61 Å². The van der Waals surface area contributed by atoms with Gasteiger partial charge in [0, 0.05) is 19.4 Å². The van der Waals surface area contributed by atoms with E-state index in [2.05, 4.69) is 10.1 Å². The van der Waals surface area contributed by atoms with Gasteiger partial charge in [0.2, 0.25) is 5.91 Å². The van der Waals surface area contributed by atoms with E-state index >= 15 is 0 Å². The first-order valence-corrected chi connectivity index (χ1v) is 5.98. The van der Waals surface area contributed by atoms with Crippen molar-refractivity contribution < 1.29 is 49.4 Å². The van der Waals surface area contributed by atoms with Crippen LogP contribution in [0.4, 0.5) is 39.5 Å². The molecule has 0 aromatic rings. The van der Waals surface area contributed by atoms with Crippen LogP contribution < -0.4 is 5.32 Å². The fourth-order valence-electron chi connectivity index (χ4n) is 1.74.